The van der Waals surface area contributed by atoms with E-state index in [0.717, 1.165) is 35.8 Å². The Morgan fingerprint density at radius 3 is 2.42 bits per heavy atom. The highest BCUT2D eigenvalue weighted by Crippen LogP contribution is 2.31. The third-order valence-corrected chi connectivity index (χ3v) is 5.25. The summed E-state index contributed by atoms with van der Waals surface area (Å²) in [6.45, 7) is 5.95. The molecule has 2 aromatic rings. The lowest BCUT2D eigenvalue weighted by Gasteiger charge is -2.35. The SMILES string of the molecule is Cc1cc(C)c(N2CCC(CCCc3ccccc3)CC2)c(F)c1. The molecule has 0 bridgehead atoms. The molecular weight excluding hydrogens is 297 g/mol. The fourth-order valence-corrected chi connectivity index (χ4v) is 3.99. The molecule has 2 heteroatoms. The first-order valence-corrected chi connectivity index (χ1v) is 9.19. The highest BCUT2D eigenvalue weighted by Gasteiger charge is 2.22. The molecule has 0 atom stereocenters. The molecule has 1 heterocycles. The topological polar surface area (TPSA) is 3.24 Å². The van der Waals surface area contributed by atoms with Crippen LogP contribution in [0.25, 0.3) is 0 Å². The van der Waals surface area contributed by atoms with Crippen LogP contribution in [0.3, 0.4) is 0 Å². The van der Waals surface area contributed by atoms with Crippen LogP contribution in [0, 0.1) is 25.6 Å². The first-order chi connectivity index (χ1) is 11.6. The van der Waals surface area contributed by atoms with Gasteiger partial charge in [-0.15, -0.1) is 0 Å². The Balaban J connectivity index is 1.49. The average molecular weight is 325 g/mol. The lowest BCUT2D eigenvalue weighted by molar-refractivity contribution is 0.371. The number of halogens is 1. The van der Waals surface area contributed by atoms with Crippen molar-refractivity contribution in [2.24, 2.45) is 5.92 Å². The minimum absolute atomic E-state index is 0.0602. The zero-order chi connectivity index (χ0) is 16.9. The summed E-state index contributed by atoms with van der Waals surface area (Å²) in [7, 11) is 0. The van der Waals surface area contributed by atoms with Crippen molar-refractivity contribution in [3.05, 3.63) is 65.0 Å². The monoisotopic (exact) mass is 325 g/mol. The summed E-state index contributed by atoms with van der Waals surface area (Å²) in [5.41, 5.74) is 4.33. The first kappa shape index (κ1) is 17.0. The molecule has 2 aromatic carbocycles. The molecule has 0 aliphatic carbocycles. The molecule has 0 radical (unpaired) electrons. The molecule has 1 aliphatic rings. The van der Waals surface area contributed by atoms with Crippen LogP contribution in [0.4, 0.5) is 10.1 Å². The number of benzene rings is 2. The van der Waals surface area contributed by atoms with Gasteiger partial charge in [0.05, 0.1) is 5.69 Å². The van der Waals surface area contributed by atoms with Gasteiger partial charge in [-0.1, -0.05) is 36.4 Å². The minimum atomic E-state index is -0.0602. The second kappa shape index (κ2) is 7.83. The van der Waals surface area contributed by atoms with Crippen LogP contribution < -0.4 is 4.90 Å². The Morgan fingerprint density at radius 2 is 1.75 bits per heavy atom. The normalized spacial score (nSPS) is 15.7. The number of hydrogen-bond acceptors (Lipinski definition) is 1. The smallest absolute Gasteiger partial charge is 0.147 e. The summed E-state index contributed by atoms with van der Waals surface area (Å²) in [6, 6.07) is 14.5. The summed E-state index contributed by atoms with van der Waals surface area (Å²) in [4.78, 5) is 2.25. The van der Waals surface area contributed by atoms with Crippen molar-refractivity contribution in [1.29, 1.82) is 0 Å². The van der Waals surface area contributed by atoms with E-state index in [1.165, 1.54) is 37.7 Å². The van der Waals surface area contributed by atoms with Crippen molar-refractivity contribution in [3.8, 4) is 0 Å². The molecule has 3 rings (SSSR count). The average Bonchev–Trinajstić information content (AvgIpc) is 2.56. The van der Waals surface area contributed by atoms with Crippen molar-refractivity contribution in [2.75, 3.05) is 18.0 Å². The fourth-order valence-electron chi connectivity index (χ4n) is 3.99. The van der Waals surface area contributed by atoms with Gasteiger partial charge in [0.1, 0.15) is 5.82 Å². The van der Waals surface area contributed by atoms with E-state index in [4.69, 9.17) is 0 Å². The zero-order valence-corrected chi connectivity index (χ0v) is 14.9. The van der Waals surface area contributed by atoms with Crippen molar-refractivity contribution in [2.45, 2.75) is 46.0 Å². The quantitative estimate of drug-likeness (QED) is 0.683. The molecular formula is C22H28FN. The first-order valence-electron chi connectivity index (χ1n) is 9.19. The molecule has 128 valence electrons. The predicted octanol–water partition coefficient (Wildman–Crippen LogP) is 5.68. The third kappa shape index (κ3) is 4.17. The van der Waals surface area contributed by atoms with E-state index in [1.54, 1.807) is 6.07 Å². The zero-order valence-electron chi connectivity index (χ0n) is 14.9. The largest absolute Gasteiger partial charge is 0.369 e. The molecule has 1 saturated heterocycles. The van der Waals surface area contributed by atoms with Crippen molar-refractivity contribution in [1.82, 2.24) is 0 Å². The number of aryl methyl sites for hydroxylation is 3. The van der Waals surface area contributed by atoms with Gasteiger partial charge in [0.15, 0.2) is 0 Å². The van der Waals surface area contributed by atoms with Crippen LogP contribution in [-0.2, 0) is 6.42 Å². The van der Waals surface area contributed by atoms with Gasteiger partial charge >= 0.3 is 0 Å². The highest BCUT2D eigenvalue weighted by molar-refractivity contribution is 5.56. The molecule has 0 saturated carbocycles. The van der Waals surface area contributed by atoms with Crippen molar-refractivity contribution >= 4 is 5.69 Å². The van der Waals surface area contributed by atoms with Gasteiger partial charge in [-0.2, -0.15) is 0 Å². The van der Waals surface area contributed by atoms with Gasteiger partial charge in [0.2, 0.25) is 0 Å². The highest BCUT2D eigenvalue weighted by atomic mass is 19.1. The maximum absolute atomic E-state index is 14.3. The third-order valence-electron chi connectivity index (χ3n) is 5.25. The lowest BCUT2D eigenvalue weighted by Crippen LogP contribution is -2.34. The molecule has 0 aromatic heterocycles. The summed E-state index contributed by atoms with van der Waals surface area (Å²) in [6.07, 6.45) is 6.08. The standard InChI is InChI=1S/C22H28FN/c1-17-15-18(2)22(21(23)16-17)24-13-11-20(12-14-24)10-6-9-19-7-4-3-5-8-19/h3-5,7-8,15-16,20H,6,9-14H2,1-2H3. The molecule has 1 fully saturated rings. The van der Waals surface area contributed by atoms with Crippen LogP contribution >= 0.6 is 0 Å². The molecule has 0 amide bonds. The minimum Gasteiger partial charge on any atom is -0.369 e. The summed E-state index contributed by atoms with van der Waals surface area (Å²) < 4.78 is 14.3. The molecule has 1 aliphatic heterocycles. The van der Waals surface area contributed by atoms with Gasteiger partial charge in [-0.05, 0) is 74.6 Å². The molecule has 0 unspecified atom stereocenters. The second-order valence-corrected chi connectivity index (χ2v) is 7.22. The Hall–Kier alpha value is -1.83. The van der Waals surface area contributed by atoms with Crippen molar-refractivity contribution in [3.63, 3.8) is 0 Å². The van der Waals surface area contributed by atoms with E-state index >= 15 is 0 Å². The van der Waals surface area contributed by atoms with Crippen LogP contribution in [0.5, 0.6) is 0 Å². The van der Waals surface area contributed by atoms with Gasteiger partial charge in [-0.25, -0.2) is 4.39 Å². The maximum Gasteiger partial charge on any atom is 0.147 e. The van der Waals surface area contributed by atoms with Crippen molar-refractivity contribution < 1.29 is 4.39 Å². The maximum atomic E-state index is 14.3. The molecule has 24 heavy (non-hydrogen) atoms. The van der Waals surface area contributed by atoms with E-state index in [0.29, 0.717) is 0 Å². The van der Waals surface area contributed by atoms with Crippen LogP contribution in [-0.4, -0.2) is 13.1 Å². The summed E-state index contributed by atoms with van der Waals surface area (Å²) in [5.74, 6) is 0.730. The van der Waals surface area contributed by atoms with Crippen LogP contribution in [0.15, 0.2) is 42.5 Å². The number of nitrogens with zero attached hydrogens (tertiary/aromatic N) is 1. The Bertz CT molecular complexity index is 634. The van der Waals surface area contributed by atoms with Gasteiger partial charge in [0.25, 0.3) is 0 Å². The Labute approximate surface area is 145 Å². The number of anilines is 1. The second-order valence-electron chi connectivity index (χ2n) is 7.22. The molecule has 1 nitrogen and oxygen atoms in total. The summed E-state index contributed by atoms with van der Waals surface area (Å²) >= 11 is 0. The van der Waals surface area contributed by atoms with E-state index in [1.807, 2.05) is 13.8 Å². The van der Waals surface area contributed by atoms with E-state index < -0.39 is 0 Å². The van der Waals surface area contributed by atoms with Gasteiger partial charge < -0.3 is 4.90 Å². The van der Waals surface area contributed by atoms with E-state index in [9.17, 15) is 4.39 Å². The van der Waals surface area contributed by atoms with Gasteiger partial charge in [-0.3, -0.25) is 0 Å². The lowest BCUT2D eigenvalue weighted by atomic mass is 9.90. The Kier molecular flexibility index (Phi) is 5.55. The molecule has 0 spiro atoms. The van der Waals surface area contributed by atoms with E-state index in [-0.39, 0.29) is 5.82 Å². The fraction of sp³-hybridized carbons (Fsp3) is 0.455. The van der Waals surface area contributed by atoms with Crippen LogP contribution in [0.1, 0.15) is 42.4 Å². The molecule has 0 N–H and O–H groups in total. The Morgan fingerprint density at radius 1 is 1.04 bits per heavy atom. The van der Waals surface area contributed by atoms with Gasteiger partial charge in [0, 0.05) is 13.1 Å². The van der Waals surface area contributed by atoms with Crippen LogP contribution in [0.2, 0.25) is 0 Å². The predicted molar refractivity (Wildman–Crippen MR) is 100 cm³/mol. The van der Waals surface area contributed by atoms with E-state index in [2.05, 4.69) is 41.3 Å². The number of rotatable bonds is 5. The number of hydrogen-bond donors (Lipinski definition) is 0. The summed E-state index contributed by atoms with van der Waals surface area (Å²) in [5, 5.41) is 0. The number of piperidine rings is 1.